The molecule has 3 aromatic heterocycles. The number of allylic oxidation sites excluding steroid dienone is 2. The number of aliphatic hydroxyl groups excluding tert-OH is 1. The van der Waals surface area contributed by atoms with Crippen molar-refractivity contribution in [3.63, 3.8) is 0 Å². The molecule has 1 amide bonds. The summed E-state index contributed by atoms with van der Waals surface area (Å²) in [5.74, 6) is 0.840. The average molecular weight is 650 g/mol. The number of nitrogens with zero attached hydrogens (tertiary/aromatic N) is 6. The maximum Gasteiger partial charge on any atom is 0.275 e. The van der Waals surface area contributed by atoms with Crippen LogP contribution in [0.4, 0.5) is 17.3 Å². The van der Waals surface area contributed by atoms with E-state index in [4.69, 9.17) is 4.74 Å². The number of carbonyl (C=O) groups excluding carboxylic acids is 1. The van der Waals surface area contributed by atoms with Gasteiger partial charge in [0.1, 0.15) is 23.0 Å². The van der Waals surface area contributed by atoms with Crippen LogP contribution < -0.4 is 15.8 Å². The van der Waals surface area contributed by atoms with Gasteiger partial charge in [0, 0.05) is 69.5 Å². The van der Waals surface area contributed by atoms with Crippen molar-refractivity contribution in [2.75, 3.05) is 56.2 Å². The zero-order valence-corrected chi connectivity index (χ0v) is 27.5. The monoisotopic (exact) mass is 649 g/mol. The fourth-order valence-electron chi connectivity index (χ4n) is 7.00. The summed E-state index contributed by atoms with van der Waals surface area (Å²) in [6, 6.07) is 8.04. The number of amides is 1. The van der Waals surface area contributed by atoms with Gasteiger partial charge in [0.05, 0.1) is 25.9 Å². The molecule has 0 aliphatic carbocycles. The molecule has 2 saturated heterocycles. The molecule has 7 rings (SSSR count). The predicted octanol–water partition coefficient (Wildman–Crippen LogP) is 4.23. The van der Waals surface area contributed by atoms with Crippen molar-refractivity contribution < 1.29 is 14.6 Å². The second-order valence-electron chi connectivity index (χ2n) is 13.0. The number of nitrogens with one attached hydrogen (secondary N) is 1. The number of hydrogen-bond acceptors (Lipinski definition) is 9. The third-order valence-electron chi connectivity index (χ3n) is 9.88. The van der Waals surface area contributed by atoms with E-state index in [2.05, 4.69) is 37.7 Å². The van der Waals surface area contributed by atoms with Gasteiger partial charge in [-0.1, -0.05) is 24.6 Å². The SMILES string of the molecule is C=C1/C=C2/C(=O)N(c3nccc(-c4cc(Nc5ccc(C6=CCN(C7COC7)CC6)cn5)c(=O)n(C)c4)c3CO)CCN2CCCCC1. The maximum atomic E-state index is 13.9. The Morgan fingerprint density at radius 2 is 1.90 bits per heavy atom. The van der Waals surface area contributed by atoms with Crippen molar-refractivity contribution >= 4 is 28.8 Å². The molecule has 11 nitrogen and oxygen atoms in total. The lowest BCUT2D eigenvalue weighted by Gasteiger charge is -2.38. The van der Waals surface area contributed by atoms with Crippen LogP contribution in [-0.4, -0.2) is 87.3 Å². The highest BCUT2D eigenvalue weighted by atomic mass is 16.5. The molecular formula is C37H43N7O4. The summed E-state index contributed by atoms with van der Waals surface area (Å²) in [6.07, 6.45) is 14.5. The normalized spacial score (nSPS) is 20.5. The number of aromatic nitrogens is 3. The Morgan fingerprint density at radius 1 is 1.02 bits per heavy atom. The van der Waals surface area contributed by atoms with Crippen molar-refractivity contribution in [1.82, 2.24) is 24.3 Å². The number of pyridine rings is 3. The van der Waals surface area contributed by atoms with E-state index in [9.17, 15) is 14.7 Å². The quantitative estimate of drug-likeness (QED) is 0.388. The first-order valence-corrected chi connectivity index (χ1v) is 16.9. The molecule has 250 valence electrons. The lowest BCUT2D eigenvalue weighted by molar-refractivity contribution is -0.117. The lowest BCUT2D eigenvalue weighted by Crippen LogP contribution is -2.50. The zero-order valence-electron chi connectivity index (χ0n) is 27.5. The van der Waals surface area contributed by atoms with Crippen LogP contribution >= 0.6 is 0 Å². The minimum absolute atomic E-state index is 0.143. The largest absolute Gasteiger partial charge is 0.392 e. The predicted molar refractivity (Wildman–Crippen MR) is 187 cm³/mol. The van der Waals surface area contributed by atoms with Gasteiger partial charge < -0.3 is 24.6 Å². The molecule has 0 spiro atoms. The van der Waals surface area contributed by atoms with Gasteiger partial charge >= 0.3 is 0 Å². The molecule has 0 radical (unpaired) electrons. The Kier molecular flexibility index (Phi) is 9.25. The second kappa shape index (κ2) is 13.9. The molecule has 0 unspecified atom stereocenters. The van der Waals surface area contributed by atoms with Gasteiger partial charge in [0.25, 0.3) is 11.5 Å². The summed E-state index contributed by atoms with van der Waals surface area (Å²) in [6.45, 7) is 9.38. The Hall–Kier alpha value is -4.58. The minimum Gasteiger partial charge on any atom is -0.392 e. The van der Waals surface area contributed by atoms with E-state index >= 15 is 0 Å². The van der Waals surface area contributed by atoms with Crippen molar-refractivity contribution in [2.45, 2.75) is 44.8 Å². The van der Waals surface area contributed by atoms with Crippen molar-refractivity contribution in [1.29, 1.82) is 0 Å². The summed E-state index contributed by atoms with van der Waals surface area (Å²) >= 11 is 0. The summed E-state index contributed by atoms with van der Waals surface area (Å²) in [7, 11) is 1.70. The van der Waals surface area contributed by atoms with Crippen LogP contribution in [-0.2, 0) is 23.2 Å². The molecule has 0 aromatic carbocycles. The number of fused-ring (bicyclic) bond motifs is 1. The summed E-state index contributed by atoms with van der Waals surface area (Å²) in [4.78, 5) is 42.7. The number of aryl methyl sites for hydroxylation is 1. The van der Waals surface area contributed by atoms with Gasteiger partial charge in [-0.2, -0.15) is 0 Å². The lowest BCUT2D eigenvalue weighted by atomic mass is 9.99. The highest BCUT2D eigenvalue weighted by molar-refractivity contribution is 6.06. The number of aliphatic hydroxyl groups is 1. The van der Waals surface area contributed by atoms with Gasteiger partial charge in [0.15, 0.2) is 0 Å². The highest BCUT2D eigenvalue weighted by Crippen LogP contribution is 2.34. The molecule has 3 aromatic rings. The van der Waals surface area contributed by atoms with Crippen LogP contribution in [0.2, 0.25) is 0 Å². The van der Waals surface area contributed by atoms with E-state index in [1.807, 2.05) is 30.5 Å². The fourth-order valence-corrected chi connectivity index (χ4v) is 7.00. The van der Waals surface area contributed by atoms with E-state index in [-0.39, 0.29) is 18.1 Å². The minimum atomic E-state index is -0.325. The van der Waals surface area contributed by atoms with E-state index in [0.29, 0.717) is 58.8 Å². The first-order chi connectivity index (χ1) is 23.4. The first-order valence-electron chi connectivity index (χ1n) is 16.9. The summed E-state index contributed by atoms with van der Waals surface area (Å²) < 4.78 is 6.86. The second-order valence-corrected chi connectivity index (χ2v) is 13.0. The van der Waals surface area contributed by atoms with Crippen molar-refractivity contribution in [3.8, 4) is 11.1 Å². The zero-order chi connectivity index (χ0) is 33.2. The number of piperazine rings is 1. The summed E-state index contributed by atoms with van der Waals surface area (Å²) in [5.41, 5.74) is 6.00. The number of carbonyl (C=O) groups is 1. The molecule has 2 fully saturated rings. The first kappa shape index (κ1) is 32.0. The standard InChI is InChI=1S/C37H43N7O4/c1-25-6-4-3-5-13-43-16-17-44(37(47)33(43)18-25)35-31(22-45)30(9-12-38-35)28-19-32(36(46)41(2)21-28)40-34-8-7-27(20-39-34)26-10-14-42(15-11-26)29-23-48-24-29/h7-10,12,18-21,29,45H,1,3-6,11,13-17,22-24H2,2H3,(H,39,40)/b33-18-. The fraction of sp³-hybridized carbons (Fsp3) is 0.405. The molecule has 11 heteroatoms. The maximum absolute atomic E-state index is 13.9. The summed E-state index contributed by atoms with van der Waals surface area (Å²) in [5, 5.41) is 13.9. The van der Waals surface area contributed by atoms with Crippen LogP contribution in [0, 0.1) is 0 Å². The number of rotatable bonds is 7. The van der Waals surface area contributed by atoms with Gasteiger partial charge in [-0.25, -0.2) is 9.97 Å². The van der Waals surface area contributed by atoms with Crippen LogP contribution in [0.5, 0.6) is 0 Å². The van der Waals surface area contributed by atoms with Crippen molar-refractivity contribution in [3.05, 3.63) is 94.3 Å². The molecule has 7 heterocycles. The Bertz CT molecular complexity index is 1830. The van der Waals surface area contributed by atoms with Crippen LogP contribution in [0.15, 0.2) is 77.7 Å². The molecular weight excluding hydrogens is 606 g/mol. The Balaban J connectivity index is 1.14. The molecule has 4 aliphatic heterocycles. The third kappa shape index (κ3) is 6.45. The van der Waals surface area contributed by atoms with Crippen LogP contribution in [0.3, 0.4) is 0 Å². The van der Waals surface area contributed by atoms with Crippen LogP contribution in [0.25, 0.3) is 16.7 Å². The molecule has 0 bridgehead atoms. The molecule has 48 heavy (non-hydrogen) atoms. The molecule has 2 N–H and O–H groups in total. The van der Waals surface area contributed by atoms with Crippen LogP contribution in [0.1, 0.15) is 43.2 Å². The average Bonchev–Trinajstić information content (AvgIpc) is 3.17. The highest BCUT2D eigenvalue weighted by Gasteiger charge is 2.33. The smallest absolute Gasteiger partial charge is 0.275 e. The van der Waals surface area contributed by atoms with E-state index in [1.165, 1.54) is 10.1 Å². The van der Waals surface area contributed by atoms with Gasteiger partial charge in [-0.15, -0.1) is 0 Å². The number of ether oxygens (including phenoxy) is 1. The molecule has 4 aliphatic rings. The Morgan fingerprint density at radius 3 is 2.62 bits per heavy atom. The van der Waals surface area contributed by atoms with E-state index in [1.54, 1.807) is 30.4 Å². The van der Waals surface area contributed by atoms with Gasteiger partial charge in [-0.3, -0.25) is 19.4 Å². The number of hydrogen-bond donors (Lipinski definition) is 2. The molecule has 0 atom stereocenters. The van der Waals surface area contributed by atoms with Gasteiger partial charge in [0.2, 0.25) is 0 Å². The van der Waals surface area contributed by atoms with E-state index in [0.717, 1.165) is 76.1 Å². The van der Waals surface area contributed by atoms with Gasteiger partial charge in [-0.05, 0) is 72.7 Å². The number of anilines is 3. The molecule has 0 saturated carbocycles. The third-order valence-corrected chi connectivity index (χ3v) is 9.88. The Labute approximate surface area is 280 Å². The van der Waals surface area contributed by atoms with Crippen molar-refractivity contribution in [2.24, 2.45) is 7.05 Å². The van der Waals surface area contributed by atoms with E-state index < -0.39 is 0 Å². The topological polar surface area (TPSA) is 116 Å².